The number of Topliss-reactive ketones (excluding diaryl/α,β-unsaturated/α-hetero) is 1. The van der Waals surface area contributed by atoms with E-state index in [4.69, 9.17) is 0 Å². The quantitative estimate of drug-likeness (QED) is 0.767. The summed E-state index contributed by atoms with van der Waals surface area (Å²) in [4.78, 5) is 12.2. The van der Waals surface area contributed by atoms with Gasteiger partial charge in [0.25, 0.3) is 0 Å². The molecule has 23 heavy (non-hydrogen) atoms. The molecule has 0 saturated heterocycles. The maximum atomic E-state index is 12.2. The summed E-state index contributed by atoms with van der Waals surface area (Å²) in [6, 6.07) is 0. The van der Waals surface area contributed by atoms with Crippen molar-refractivity contribution in [3.8, 4) is 0 Å². The van der Waals surface area contributed by atoms with Gasteiger partial charge in [0.2, 0.25) is 0 Å². The molecule has 4 aliphatic rings. The molecule has 0 aromatic carbocycles. The molecule has 4 aliphatic carbocycles. The molecule has 0 aromatic heterocycles. The molecular formula is C21H34O2. The van der Waals surface area contributed by atoms with Crippen molar-refractivity contribution in [1.29, 1.82) is 0 Å². The molecule has 0 amide bonds. The number of fused-ring (bicyclic) bond motifs is 5. The summed E-state index contributed by atoms with van der Waals surface area (Å²) in [6.45, 7) is 6.80. The molecule has 0 heterocycles. The van der Waals surface area contributed by atoms with E-state index >= 15 is 0 Å². The Hall–Kier alpha value is -0.370. The third kappa shape index (κ3) is 2.19. The van der Waals surface area contributed by atoms with Crippen molar-refractivity contribution in [3.05, 3.63) is 0 Å². The monoisotopic (exact) mass is 318 g/mol. The van der Waals surface area contributed by atoms with Crippen LogP contribution in [0.5, 0.6) is 0 Å². The molecule has 0 aromatic rings. The summed E-state index contributed by atoms with van der Waals surface area (Å²) >= 11 is 0. The van der Waals surface area contributed by atoms with Crippen molar-refractivity contribution >= 4 is 5.78 Å². The van der Waals surface area contributed by atoms with E-state index in [0.717, 1.165) is 42.9 Å². The van der Waals surface area contributed by atoms with E-state index in [1.54, 1.807) is 0 Å². The van der Waals surface area contributed by atoms with Crippen molar-refractivity contribution in [2.24, 2.45) is 40.4 Å². The van der Waals surface area contributed by atoms with Crippen LogP contribution in [0.3, 0.4) is 0 Å². The second-order valence-corrected chi connectivity index (χ2v) is 9.87. The van der Waals surface area contributed by atoms with Crippen LogP contribution in [0.4, 0.5) is 0 Å². The van der Waals surface area contributed by atoms with Crippen LogP contribution < -0.4 is 0 Å². The van der Waals surface area contributed by atoms with Crippen LogP contribution in [0.1, 0.15) is 78.6 Å². The van der Waals surface area contributed by atoms with Crippen molar-refractivity contribution in [1.82, 2.24) is 0 Å². The Labute approximate surface area is 141 Å². The fraction of sp³-hybridized carbons (Fsp3) is 0.952. The fourth-order valence-electron chi connectivity index (χ4n) is 7.90. The normalized spacial score (nSPS) is 55.7. The van der Waals surface area contributed by atoms with E-state index in [1.165, 1.54) is 38.5 Å². The molecule has 2 unspecified atom stereocenters. The minimum Gasteiger partial charge on any atom is -0.393 e. The van der Waals surface area contributed by atoms with Crippen LogP contribution in [-0.4, -0.2) is 17.0 Å². The van der Waals surface area contributed by atoms with Gasteiger partial charge >= 0.3 is 0 Å². The maximum Gasteiger partial charge on any atom is 0.133 e. The zero-order valence-corrected chi connectivity index (χ0v) is 15.2. The van der Waals surface area contributed by atoms with Crippen molar-refractivity contribution < 1.29 is 9.90 Å². The lowest BCUT2D eigenvalue weighted by Gasteiger charge is -2.60. The van der Waals surface area contributed by atoms with Gasteiger partial charge in [0, 0.05) is 5.92 Å². The van der Waals surface area contributed by atoms with Crippen molar-refractivity contribution in [2.75, 3.05) is 0 Å². The number of carbonyl (C=O) groups is 1. The smallest absolute Gasteiger partial charge is 0.133 e. The number of aliphatic hydroxyl groups is 1. The van der Waals surface area contributed by atoms with Crippen LogP contribution in [0, 0.1) is 40.4 Å². The van der Waals surface area contributed by atoms with Crippen LogP contribution >= 0.6 is 0 Å². The number of hydrogen-bond donors (Lipinski definition) is 1. The number of carbonyl (C=O) groups excluding carboxylic acids is 1. The van der Waals surface area contributed by atoms with Crippen molar-refractivity contribution in [3.63, 3.8) is 0 Å². The first-order chi connectivity index (χ1) is 10.9. The molecule has 1 N–H and O–H groups in total. The third-order valence-electron chi connectivity index (χ3n) is 9.13. The third-order valence-corrected chi connectivity index (χ3v) is 9.13. The molecule has 4 saturated carbocycles. The van der Waals surface area contributed by atoms with E-state index in [9.17, 15) is 9.90 Å². The average Bonchev–Trinajstić information content (AvgIpc) is 2.85. The molecule has 2 nitrogen and oxygen atoms in total. The van der Waals surface area contributed by atoms with Gasteiger partial charge in [0.1, 0.15) is 5.78 Å². The molecule has 4 fully saturated rings. The first-order valence-electron chi connectivity index (χ1n) is 10.0. The second kappa shape index (κ2) is 5.31. The summed E-state index contributed by atoms with van der Waals surface area (Å²) in [5.74, 6) is 3.97. The number of rotatable bonds is 1. The standard InChI is InChI=1S/C21H34O2/c1-13(22)17-6-7-18-16-5-4-14-12-15(23)8-10-20(14,2)19(16)9-11-21(17,18)3/h14-19,23H,4-12H2,1-3H3/t14?,15-,16+,17?,18+,19+,20+,21-/m0/s1. The van der Waals surface area contributed by atoms with Gasteiger partial charge in [-0.2, -0.15) is 0 Å². The zero-order valence-electron chi connectivity index (χ0n) is 15.2. The topological polar surface area (TPSA) is 37.3 Å². The Morgan fingerprint density at radius 2 is 1.61 bits per heavy atom. The van der Waals surface area contributed by atoms with Gasteiger partial charge < -0.3 is 5.11 Å². The molecule has 0 radical (unpaired) electrons. The predicted molar refractivity (Wildman–Crippen MR) is 91.9 cm³/mol. The number of aliphatic hydroxyl groups excluding tert-OH is 1. The van der Waals surface area contributed by atoms with E-state index in [-0.39, 0.29) is 11.5 Å². The first kappa shape index (κ1) is 16.1. The molecule has 130 valence electrons. The minimum absolute atomic E-state index is 0.0490. The molecule has 2 heteroatoms. The van der Waals surface area contributed by atoms with Gasteiger partial charge in [0.15, 0.2) is 0 Å². The Bertz CT molecular complexity index is 500. The molecule has 4 rings (SSSR count). The van der Waals surface area contributed by atoms with E-state index in [2.05, 4.69) is 13.8 Å². The molecule has 0 aliphatic heterocycles. The first-order valence-corrected chi connectivity index (χ1v) is 10.0. The summed E-state index contributed by atoms with van der Waals surface area (Å²) < 4.78 is 0. The highest BCUT2D eigenvalue weighted by atomic mass is 16.3. The summed E-state index contributed by atoms with van der Waals surface area (Å²) in [5.41, 5.74) is 0.738. The van der Waals surface area contributed by atoms with Crippen LogP contribution in [0.25, 0.3) is 0 Å². The Morgan fingerprint density at radius 1 is 0.913 bits per heavy atom. The SMILES string of the molecule is CC(=O)C1CC[C@@H]2[C@H]3CCC4C[C@@H](O)CC[C@@]4(C)[C@@H]3CC[C@@]12C. The van der Waals surface area contributed by atoms with Gasteiger partial charge in [-0.05, 0) is 99.2 Å². The lowest BCUT2D eigenvalue weighted by atomic mass is 9.44. The highest BCUT2D eigenvalue weighted by Crippen LogP contribution is 2.67. The van der Waals surface area contributed by atoms with Crippen molar-refractivity contribution in [2.45, 2.75) is 84.7 Å². The summed E-state index contributed by atoms with van der Waals surface area (Å²) in [5, 5.41) is 10.1. The fourth-order valence-corrected chi connectivity index (χ4v) is 7.90. The van der Waals surface area contributed by atoms with Crippen LogP contribution in [0.15, 0.2) is 0 Å². The lowest BCUT2D eigenvalue weighted by Crippen LogP contribution is -2.54. The summed E-state index contributed by atoms with van der Waals surface area (Å²) in [7, 11) is 0. The van der Waals surface area contributed by atoms with Crippen LogP contribution in [0.2, 0.25) is 0 Å². The zero-order chi connectivity index (χ0) is 16.4. The van der Waals surface area contributed by atoms with E-state index in [0.29, 0.717) is 17.1 Å². The van der Waals surface area contributed by atoms with Gasteiger partial charge in [-0.1, -0.05) is 13.8 Å². The Kier molecular flexibility index (Phi) is 3.72. The number of hydrogen-bond acceptors (Lipinski definition) is 2. The molecule has 8 atom stereocenters. The van der Waals surface area contributed by atoms with Gasteiger partial charge in [-0.3, -0.25) is 4.79 Å². The van der Waals surface area contributed by atoms with Gasteiger partial charge in [0.05, 0.1) is 6.10 Å². The summed E-state index contributed by atoms with van der Waals surface area (Å²) in [6.07, 6.45) is 10.9. The lowest BCUT2D eigenvalue weighted by molar-refractivity contribution is -0.138. The molecule has 0 spiro atoms. The van der Waals surface area contributed by atoms with E-state index < -0.39 is 0 Å². The second-order valence-electron chi connectivity index (χ2n) is 9.87. The Morgan fingerprint density at radius 3 is 2.35 bits per heavy atom. The molecule has 0 bridgehead atoms. The van der Waals surface area contributed by atoms with Crippen LogP contribution in [-0.2, 0) is 4.79 Å². The maximum absolute atomic E-state index is 12.2. The molecular weight excluding hydrogens is 284 g/mol. The largest absolute Gasteiger partial charge is 0.393 e. The number of ketones is 1. The highest BCUT2D eigenvalue weighted by molar-refractivity contribution is 5.79. The predicted octanol–water partition coefficient (Wildman–Crippen LogP) is 4.60. The average molecular weight is 319 g/mol. The highest BCUT2D eigenvalue weighted by Gasteiger charge is 2.60. The van der Waals surface area contributed by atoms with Gasteiger partial charge in [-0.15, -0.1) is 0 Å². The van der Waals surface area contributed by atoms with E-state index in [1.807, 2.05) is 6.92 Å². The Balaban J connectivity index is 1.61. The van der Waals surface area contributed by atoms with Gasteiger partial charge in [-0.25, -0.2) is 0 Å². The minimum atomic E-state index is -0.0490.